The smallest absolute Gasteiger partial charge is 0.231 e. The molecule has 1 aromatic carbocycles. The van der Waals surface area contributed by atoms with Gasteiger partial charge >= 0.3 is 0 Å². The highest BCUT2D eigenvalue weighted by Gasteiger charge is 2.22. The second-order valence-electron chi connectivity index (χ2n) is 4.93. The van der Waals surface area contributed by atoms with Crippen molar-refractivity contribution in [1.82, 2.24) is 0 Å². The van der Waals surface area contributed by atoms with Crippen molar-refractivity contribution in [3.63, 3.8) is 0 Å². The Hall–Kier alpha value is -1.42. The van der Waals surface area contributed by atoms with Crippen LogP contribution in [0.4, 0.5) is 0 Å². The maximum absolute atomic E-state index is 5.87. The third kappa shape index (κ3) is 2.53. The molecule has 1 fully saturated rings. The maximum atomic E-state index is 5.87. The fourth-order valence-electron chi connectivity index (χ4n) is 2.19. The van der Waals surface area contributed by atoms with E-state index in [4.69, 9.17) is 19.9 Å². The zero-order chi connectivity index (χ0) is 12.4. The molecule has 0 unspecified atom stereocenters. The highest BCUT2D eigenvalue weighted by atomic mass is 16.7. The Morgan fingerprint density at radius 2 is 2.00 bits per heavy atom. The summed E-state index contributed by atoms with van der Waals surface area (Å²) in [5.74, 6) is 3.35. The van der Waals surface area contributed by atoms with Crippen LogP contribution in [0.15, 0.2) is 12.1 Å². The van der Waals surface area contributed by atoms with Crippen molar-refractivity contribution in [3.8, 4) is 17.2 Å². The molecule has 0 amide bonds. The molecule has 2 N–H and O–H groups in total. The lowest BCUT2D eigenvalue weighted by molar-refractivity contribution is 0.173. The lowest BCUT2D eigenvalue weighted by Gasteiger charge is -2.12. The van der Waals surface area contributed by atoms with Gasteiger partial charge in [-0.15, -0.1) is 0 Å². The first-order valence-electron chi connectivity index (χ1n) is 6.62. The SMILES string of the molecule is NCCc1cc2c(cc1OCCC1CC1)OCO2. The minimum absolute atomic E-state index is 0.295. The molecule has 98 valence electrons. The topological polar surface area (TPSA) is 53.7 Å². The summed E-state index contributed by atoms with van der Waals surface area (Å²) in [5.41, 5.74) is 6.74. The molecular formula is C14H19NO3. The Kier molecular flexibility index (Phi) is 3.28. The molecule has 0 bridgehead atoms. The molecule has 4 nitrogen and oxygen atoms in total. The summed E-state index contributed by atoms with van der Waals surface area (Å²) in [6, 6.07) is 3.92. The van der Waals surface area contributed by atoms with Crippen LogP contribution >= 0.6 is 0 Å². The Bertz CT molecular complexity index is 429. The quantitative estimate of drug-likeness (QED) is 0.838. The predicted molar refractivity (Wildman–Crippen MR) is 68.2 cm³/mol. The monoisotopic (exact) mass is 249 g/mol. The van der Waals surface area contributed by atoms with Crippen molar-refractivity contribution >= 4 is 0 Å². The molecular weight excluding hydrogens is 230 g/mol. The lowest BCUT2D eigenvalue weighted by atomic mass is 10.1. The summed E-state index contributed by atoms with van der Waals surface area (Å²) in [4.78, 5) is 0. The summed E-state index contributed by atoms with van der Waals surface area (Å²) < 4.78 is 16.6. The Morgan fingerprint density at radius 3 is 2.72 bits per heavy atom. The molecule has 0 radical (unpaired) electrons. The van der Waals surface area contributed by atoms with E-state index in [0.29, 0.717) is 13.3 Å². The van der Waals surface area contributed by atoms with Gasteiger partial charge in [0.15, 0.2) is 11.5 Å². The van der Waals surface area contributed by atoms with Gasteiger partial charge in [-0.3, -0.25) is 0 Å². The average Bonchev–Trinajstić information content (AvgIpc) is 3.07. The molecule has 3 rings (SSSR count). The maximum Gasteiger partial charge on any atom is 0.231 e. The Labute approximate surface area is 107 Å². The predicted octanol–water partition coefficient (Wildman–Crippen LogP) is 2.10. The highest BCUT2D eigenvalue weighted by molar-refractivity contribution is 5.52. The Balaban J connectivity index is 1.72. The van der Waals surface area contributed by atoms with E-state index < -0.39 is 0 Å². The molecule has 18 heavy (non-hydrogen) atoms. The van der Waals surface area contributed by atoms with Crippen LogP contribution in [0.25, 0.3) is 0 Å². The van der Waals surface area contributed by atoms with Gasteiger partial charge in [-0.05, 0) is 36.9 Å². The van der Waals surface area contributed by atoms with Crippen molar-refractivity contribution in [2.75, 3.05) is 19.9 Å². The van der Waals surface area contributed by atoms with Crippen LogP contribution in [0.1, 0.15) is 24.8 Å². The first kappa shape index (κ1) is 11.7. The number of fused-ring (bicyclic) bond motifs is 1. The largest absolute Gasteiger partial charge is 0.493 e. The molecule has 0 atom stereocenters. The van der Waals surface area contributed by atoms with Crippen LogP contribution in [-0.2, 0) is 6.42 Å². The van der Waals surface area contributed by atoms with Crippen molar-refractivity contribution in [2.45, 2.75) is 25.7 Å². The van der Waals surface area contributed by atoms with E-state index in [-0.39, 0.29) is 0 Å². The molecule has 0 spiro atoms. The lowest BCUT2D eigenvalue weighted by Crippen LogP contribution is -2.06. The number of benzene rings is 1. The number of ether oxygens (including phenoxy) is 3. The summed E-state index contributed by atoms with van der Waals surface area (Å²) in [7, 11) is 0. The van der Waals surface area contributed by atoms with Crippen molar-refractivity contribution < 1.29 is 14.2 Å². The summed E-state index contributed by atoms with van der Waals surface area (Å²) in [6.07, 6.45) is 4.67. The van der Waals surface area contributed by atoms with Crippen molar-refractivity contribution in [1.29, 1.82) is 0 Å². The molecule has 4 heteroatoms. The minimum Gasteiger partial charge on any atom is -0.493 e. The van der Waals surface area contributed by atoms with E-state index in [0.717, 1.165) is 48.2 Å². The van der Waals surface area contributed by atoms with Gasteiger partial charge in [-0.1, -0.05) is 12.8 Å². The van der Waals surface area contributed by atoms with Gasteiger partial charge in [0.25, 0.3) is 0 Å². The molecule has 1 aliphatic carbocycles. The van der Waals surface area contributed by atoms with Gasteiger partial charge in [0, 0.05) is 6.07 Å². The molecule has 0 saturated heterocycles. The molecule has 1 saturated carbocycles. The fraction of sp³-hybridized carbons (Fsp3) is 0.571. The van der Waals surface area contributed by atoms with Crippen molar-refractivity contribution in [2.24, 2.45) is 11.7 Å². The number of rotatable bonds is 6. The van der Waals surface area contributed by atoms with Gasteiger partial charge < -0.3 is 19.9 Å². The molecule has 2 aliphatic rings. The van der Waals surface area contributed by atoms with Gasteiger partial charge in [0.2, 0.25) is 6.79 Å². The van der Waals surface area contributed by atoms with E-state index in [2.05, 4.69) is 0 Å². The highest BCUT2D eigenvalue weighted by Crippen LogP contribution is 2.39. The Morgan fingerprint density at radius 1 is 1.22 bits per heavy atom. The standard InChI is InChI=1S/C14H19NO3/c15-5-3-11-7-13-14(18-9-17-13)8-12(11)16-6-4-10-1-2-10/h7-8,10H,1-6,9,15H2. The number of nitrogens with two attached hydrogens (primary N) is 1. The summed E-state index contributed by atoms with van der Waals surface area (Å²) >= 11 is 0. The van der Waals surface area contributed by atoms with E-state index in [9.17, 15) is 0 Å². The third-order valence-electron chi connectivity index (χ3n) is 3.45. The third-order valence-corrected chi connectivity index (χ3v) is 3.45. The molecule has 1 aromatic rings. The first-order chi connectivity index (χ1) is 8.86. The minimum atomic E-state index is 0.295. The van der Waals surface area contributed by atoms with Gasteiger partial charge in [-0.2, -0.15) is 0 Å². The van der Waals surface area contributed by atoms with E-state index in [1.165, 1.54) is 12.8 Å². The number of hydrogen-bond donors (Lipinski definition) is 1. The zero-order valence-electron chi connectivity index (χ0n) is 10.5. The van der Waals surface area contributed by atoms with Crippen LogP contribution in [0.5, 0.6) is 17.2 Å². The van der Waals surface area contributed by atoms with E-state index in [1.54, 1.807) is 0 Å². The second-order valence-corrected chi connectivity index (χ2v) is 4.93. The zero-order valence-corrected chi connectivity index (χ0v) is 10.5. The van der Waals surface area contributed by atoms with Gasteiger partial charge in [0.05, 0.1) is 6.61 Å². The average molecular weight is 249 g/mol. The van der Waals surface area contributed by atoms with Gasteiger partial charge in [-0.25, -0.2) is 0 Å². The molecule has 1 heterocycles. The van der Waals surface area contributed by atoms with Crippen LogP contribution < -0.4 is 19.9 Å². The fourth-order valence-corrected chi connectivity index (χ4v) is 2.19. The number of hydrogen-bond acceptors (Lipinski definition) is 4. The normalized spacial score (nSPS) is 16.9. The second kappa shape index (κ2) is 5.06. The summed E-state index contributed by atoms with van der Waals surface area (Å²) in [6.45, 7) is 1.68. The van der Waals surface area contributed by atoms with Crippen LogP contribution in [-0.4, -0.2) is 19.9 Å². The van der Waals surface area contributed by atoms with Crippen LogP contribution in [0.2, 0.25) is 0 Å². The van der Waals surface area contributed by atoms with Crippen LogP contribution in [0, 0.1) is 5.92 Å². The van der Waals surface area contributed by atoms with Crippen molar-refractivity contribution in [3.05, 3.63) is 17.7 Å². The van der Waals surface area contributed by atoms with E-state index in [1.807, 2.05) is 12.1 Å². The van der Waals surface area contributed by atoms with E-state index >= 15 is 0 Å². The summed E-state index contributed by atoms with van der Waals surface area (Å²) in [5, 5.41) is 0. The molecule has 0 aromatic heterocycles. The van der Waals surface area contributed by atoms with Crippen LogP contribution in [0.3, 0.4) is 0 Å². The van der Waals surface area contributed by atoms with Gasteiger partial charge in [0.1, 0.15) is 5.75 Å². The first-order valence-corrected chi connectivity index (χ1v) is 6.62. The molecule has 1 aliphatic heterocycles.